The van der Waals surface area contributed by atoms with Crippen molar-refractivity contribution in [2.75, 3.05) is 13.1 Å². The molecule has 116 valence electrons. The van der Waals surface area contributed by atoms with Crippen molar-refractivity contribution in [1.82, 2.24) is 10.2 Å². The molecule has 3 heterocycles. The fraction of sp³-hybridized carbons (Fsp3) is 0.375. The molecule has 3 rings (SSSR count). The van der Waals surface area contributed by atoms with E-state index in [2.05, 4.69) is 5.32 Å². The van der Waals surface area contributed by atoms with E-state index < -0.39 is 0 Å². The van der Waals surface area contributed by atoms with Gasteiger partial charge in [0.15, 0.2) is 0 Å². The second-order valence-corrected chi connectivity index (χ2v) is 6.31. The van der Waals surface area contributed by atoms with E-state index in [4.69, 9.17) is 4.42 Å². The minimum Gasteiger partial charge on any atom is -0.467 e. The molecule has 0 spiro atoms. The Bertz CT molecular complexity index is 622. The maximum atomic E-state index is 12.4. The molecule has 22 heavy (non-hydrogen) atoms. The smallest absolute Gasteiger partial charge is 0.263 e. The van der Waals surface area contributed by atoms with Gasteiger partial charge in [-0.25, -0.2) is 0 Å². The van der Waals surface area contributed by atoms with E-state index in [0.717, 1.165) is 30.0 Å². The first-order chi connectivity index (χ1) is 10.7. The third kappa shape index (κ3) is 3.39. The number of carbonyl (C=O) groups is 2. The van der Waals surface area contributed by atoms with Crippen molar-refractivity contribution < 1.29 is 14.0 Å². The van der Waals surface area contributed by atoms with Crippen LogP contribution in [0.3, 0.4) is 0 Å². The fourth-order valence-corrected chi connectivity index (χ4v) is 3.35. The summed E-state index contributed by atoms with van der Waals surface area (Å²) in [6.07, 6.45) is 3.26. The van der Waals surface area contributed by atoms with Crippen LogP contribution in [0.15, 0.2) is 40.3 Å². The normalized spacial score (nSPS) is 18.2. The third-order valence-corrected chi connectivity index (χ3v) is 4.69. The first kappa shape index (κ1) is 14.8. The van der Waals surface area contributed by atoms with Crippen LogP contribution in [0.5, 0.6) is 0 Å². The minimum absolute atomic E-state index is 0.0138. The van der Waals surface area contributed by atoms with Crippen molar-refractivity contribution in [2.45, 2.75) is 19.4 Å². The largest absolute Gasteiger partial charge is 0.467 e. The van der Waals surface area contributed by atoms with E-state index in [-0.39, 0.29) is 17.7 Å². The van der Waals surface area contributed by atoms with Gasteiger partial charge in [0.1, 0.15) is 5.76 Å². The van der Waals surface area contributed by atoms with Gasteiger partial charge in [-0.1, -0.05) is 6.07 Å². The lowest BCUT2D eigenvalue weighted by Gasteiger charge is -2.31. The summed E-state index contributed by atoms with van der Waals surface area (Å²) in [6, 6.07) is 7.32. The zero-order valence-electron chi connectivity index (χ0n) is 12.2. The first-order valence-corrected chi connectivity index (χ1v) is 8.25. The average Bonchev–Trinajstić information content (AvgIpc) is 3.25. The standard InChI is InChI=1S/C16H18N2O3S/c19-15(17-10-13-5-2-8-21-13)12-4-1-7-18(11-12)16(20)14-6-3-9-22-14/h2-3,5-6,8-9,12H,1,4,7,10-11H2,(H,17,19). The van der Waals surface area contributed by atoms with Crippen molar-refractivity contribution in [3.8, 4) is 0 Å². The summed E-state index contributed by atoms with van der Waals surface area (Å²) >= 11 is 1.44. The number of nitrogens with zero attached hydrogens (tertiary/aromatic N) is 1. The summed E-state index contributed by atoms with van der Waals surface area (Å²) in [6.45, 7) is 1.60. The fourth-order valence-electron chi connectivity index (χ4n) is 2.66. The second-order valence-electron chi connectivity index (χ2n) is 5.36. The third-order valence-electron chi connectivity index (χ3n) is 3.83. The van der Waals surface area contributed by atoms with Crippen LogP contribution in [0.25, 0.3) is 0 Å². The number of piperidine rings is 1. The molecule has 1 N–H and O–H groups in total. The number of hydrogen-bond donors (Lipinski definition) is 1. The van der Waals surface area contributed by atoms with Crippen molar-refractivity contribution in [3.63, 3.8) is 0 Å². The van der Waals surface area contributed by atoms with Crippen molar-refractivity contribution in [3.05, 3.63) is 46.5 Å². The molecule has 0 bridgehead atoms. The molecule has 0 radical (unpaired) electrons. The number of nitrogens with one attached hydrogen (secondary N) is 1. The summed E-state index contributed by atoms with van der Waals surface area (Å²) in [5.41, 5.74) is 0. The lowest BCUT2D eigenvalue weighted by Crippen LogP contribution is -2.45. The van der Waals surface area contributed by atoms with E-state index >= 15 is 0 Å². The molecule has 1 atom stereocenters. The van der Waals surface area contributed by atoms with Crippen molar-refractivity contribution >= 4 is 23.2 Å². The molecular formula is C16H18N2O3S. The Morgan fingerprint density at radius 2 is 2.27 bits per heavy atom. The van der Waals surface area contributed by atoms with Gasteiger partial charge < -0.3 is 14.6 Å². The highest BCUT2D eigenvalue weighted by Crippen LogP contribution is 2.20. The Kier molecular flexibility index (Phi) is 4.58. The van der Waals surface area contributed by atoms with Gasteiger partial charge in [-0.3, -0.25) is 9.59 Å². The van der Waals surface area contributed by atoms with Crippen molar-refractivity contribution in [1.29, 1.82) is 0 Å². The number of rotatable bonds is 4. The Morgan fingerprint density at radius 1 is 1.36 bits per heavy atom. The molecular weight excluding hydrogens is 300 g/mol. The van der Waals surface area contributed by atoms with Crippen LogP contribution < -0.4 is 5.32 Å². The number of thiophene rings is 1. The number of likely N-dealkylation sites (tertiary alicyclic amines) is 1. The highest BCUT2D eigenvalue weighted by atomic mass is 32.1. The molecule has 1 aliphatic rings. The Balaban J connectivity index is 1.55. The Labute approximate surface area is 132 Å². The van der Waals surface area contributed by atoms with Crippen LogP contribution in [-0.2, 0) is 11.3 Å². The molecule has 0 saturated carbocycles. The summed E-state index contributed by atoms with van der Waals surface area (Å²) in [5, 5.41) is 4.77. The van der Waals surface area contributed by atoms with E-state index in [9.17, 15) is 9.59 Å². The zero-order chi connectivity index (χ0) is 15.4. The monoisotopic (exact) mass is 318 g/mol. The highest BCUT2D eigenvalue weighted by molar-refractivity contribution is 7.12. The Morgan fingerprint density at radius 3 is 3.00 bits per heavy atom. The number of amides is 2. The topological polar surface area (TPSA) is 62.6 Å². The highest BCUT2D eigenvalue weighted by Gasteiger charge is 2.29. The lowest BCUT2D eigenvalue weighted by atomic mass is 9.97. The molecule has 1 saturated heterocycles. The maximum absolute atomic E-state index is 12.4. The molecule has 5 nitrogen and oxygen atoms in total. The molecule has 2 aromatic rings. The SMILES string of the molecule is O=C(NCc1ccco1)C1CCCN(C(=O)c2cccs2)C1. The van der Waals surface area contributed by atoms with E-state index in [1.165, 1.54) is 11.3 Å². The predicted octanol–water partition coefficient (Wildman–Crippen LogP) is 2.51. The molecule has 1 aliphatic heterocycles. The summed E-state index contributed by atoms with van der Waals surface area (Å²) in [7, 11) is 0. The van der Waals surface area contributed by atoms with Crippen molar-refractivity contribution in [2.24, 2.45) is 5.92 Å². The van der Waals surface area contributed by atoms with Gasteiger partial charge >= 0.3 is 0 Å². The molecule has 1 unspecified atom stereocenters. The summed E-state index contributed by atoms with van der Waals surface area (Å²) in [4.78, 5) is 27.1. The second kappa shape index (κ2) is 6.79. The van der Waals surface area contributed by atoms with Gasteiger partial charge in [-0.05, 0) is 36.4 Å². The van der Waals surface area contributed by atoms with Crippen LogP contribution in [0.2, 0.25) is 0 Å². The van der Waals surface area contributed by atoms with Crippen LogP contribution in [0.1, 0.15) is 28.3 Å². The average molecular weight is 318 g/mol. The van der Waals surface area contributed by atoms with E-state index in [1.807, 2.05) is 23.6 Å². The van der Waals surface area contributed by atoms with E-state index in [1.54, 1.807) is 17.2 Å². The number of hydrogen-bond acceptors (Lipinski definition) is 4. The molecule has 0 aliphatic carbocycles. The first-order valence-electron chi connectivity index (χ1n) is 7.37. The van der Waals surface area contributed by atoms with Gasteiger partial charge in [0.2, 0.25) is 5.91 Å². The quantitative estimate of drug-likeness (QED) is 0.942. The molecule has 6 heteroatoms. The summed E-state index contributed by atoms with van der Waals surface area (Å²) in [5.74, 6) is 0.599. The van der Waals surface area contributed by atoms with Gasteiger partial charge in [-0.2, -0.15) is 0 Å². The van der Waals surface area contributed by atoms with Crippen LogP contribution in [0.4, 0.5) is 0 Å². The predicted molar refractivity (Wildman–Crippen MR) is 83.5 cm³/mol. The summed E-state index contributed by atoms with van der Waals surface area (Å²) < 4.78 is 5.20. The zero-order valence-corrected chi connectivity index (χ0v) is 13.0. The van der Waals surface area contributed by atoms with Crippen LogP contribution >= 0.6 is 11.3 Å². The van der Waals surface area contributed by atoms with Gasteiger partial charge in [-0.15, -0.1) is 11.3 Å². The molecule has 0 aromatic carbocycles. The Hall–Kier alpha value is -2.08. The molecule has 2 amide bonds. The minimum atomic E-state index is -0.146. The lowest BCUT2D eigenvalue weighted by molar-refractivity contribution is -0.126. The molecule has 1 fully saturated rings. The number of carbonyl (C=O) groups excluding carboxylic acids is 2. The molecule has 2 aromatic heterocycles. The number of furan rings is 1. The van der Waals surface area contributed by atoms with Gasteiger partial charge in [0, 0.05) is 13.1 Å². The maximum Gasteiger partial charge on any atom is 0.263 e. The van der Waals surface area contributed by atoms with E-state index in [0.29, 0.717) is 13.1 Å². The van der Waals surface area contributed by atoms with Crippen LogP contribution in [-0.4, -0.2) is 29.8 Å². The van der Waals surface area contributed by atoms with Crippen LogP contribution in [0, 0.1) is 5.92 Å². The van der Waals surface area contributed by atoms with Gasteiger partial charge in [0.25, 0.3) is 5.91 Å². The van der Waals surface area contributed by atoms with Gasteiger partial charge in [0.05, 0.1) is 23.6 Å².